The monoisotopic (exact) mass is 293 g/mol. The van der Waals surface area contributed by atoms with Gasteiger partial charge in [0.2, 0.25) is 5.88 Å². The molecule has 7 heteroatoms. The predicted molar refractivity (Wildman–Crippen MR) is 74.2 cm³/mol. The molecule has 2 rings (SSSR count). The lowest BCUT2D eigenvalue weighted by atomic mass is 10.1. The first-order chi connectivity index (χ1) is 9.95. The molecule has 0 aliphatic heterocycles. The van der Waals surface area contributed by atoms with Gasteiger partial charge in [-0.15, -0.1) is 0 Å². The summed E-state index contributed by atoms with van der Waals surface area (Å²) < 4.78 is 17.7. The summed E-state index contributed by atoms with van der Waals surface area (Å²) in [6.07, 6.45) is -0.905. The average molecular weight is 293 g/mol. The molecule has 21 heavy (non-hydrogen) atoms. The highest BCUT2D eigenvalue weighted by atomic mass is 19.1. The third-order valence-electron chi connectivity index (χ3n) is 2.91. The fraction of sp³-hybridized carbons (Fsp3) is 0.286. The summed E-state index contributed by atoms with van der Waals surface area (Å²) in [4.78, 5) is 13.2. The smallest absolute Gasteiger partial charge is 0.324 e. The van der Waals surface area contributed by atoms with Gasteiger partial charge in [0.25, 0.3) is 0 Å². The molecule has 2 amide bonds. The van der Waals surface area contributed by atoms with E-state index in [4.69, 9.17) is 4.52 Å². The van der Waals surface area contributed by atoms with Gasteiger partial charge in [0, 0.05) is 13.1 Å². The minimum atomic E-state index is -0.905. The van der Waals surface area contributed by atoms with Crippen LogP contribution in [0.25, 0.3) is 0 Å². The van der Waals surface area contributed by atoms with Crippen LogP contribution in [0.1, 0.15) is 17.4 Å². The second-order valence-electron chi connectivity index (χ2n) is 4.71. The van der Waals surface area contributed by atoms with Crippen molar-refractivity contribution < 1.29 is 18.8 Å². The zero-order valence-electron chi connectivity index (χ0n) is 11.7. The number of urea groups is 1. The molecule has 1 heterocycles. The Morgan fingerprint density at radius 1 is 1.48 bits per heavy atom. The van der Waals surface area contributed by atoms with Crippen LogP contribution in [0.2, 0.25) is 0 Å². The average Bonchev–Trinajstić information content (AvgIpc) is 2.84. The van der Waals surface area contributed by atoms with Gasteiger partial charge < -0.3 is 14.5 Å². The van der Waals surface area contributed by atoms with Crippen LogP contribution in [0.4, 0.5) is 15.1 Å². The number of carbonyl (C=O) groups excluding carboxylic acids is 1. The third kappa shape index (κ3) is 4.03. The quantitative estimate of drug-likeness (QED) is 0.906. The summed E-state index contributed by atoms with van der Waals surface area (Å²) in [5, 5.41) is 16.2. The van der Waals surface area contributed by atoms with Crippen molar-refractivity contribution in [3.8, 4) is 0 Å². The molecule has 0 aliphatic carbocycles. The van der Waals surface area contributed by atoms with E-state index in [1.807, 2.05) is 0 Å². The fourth-order valence-corrected chi connectivity index (χ4v) is 1.76. The summed E-state index contributed by atoms with van der Waals surface area (Å²) >= 11 is 0. The van der Waals surface area contributed by atoms with Gasteiger partial charge >= 0.3 is 6.03 Å². The number of aryl methyl sites for hydroxylation is 1. The molecule has 0 saturated heterocycles. The molecule has 0 spiro atoms. The predicted octanol–water partition coefficient (Wildman–Crippen LogP) is 2.32. The molecule has 0 fully saturated rings. The summed E-state index contributed by atoms with van der Waals surface area (Å²) in [5.41, 5.74) is 1.19. The van der Waals surface area contributed by atoms with Crippen molar-refractivity contribution >= 4 is 11.9 Å². The van der Waals surface area contributed by atoms with Crippen molar-refractivity contribution in [2.75, 3.05) is 18.9 Å². The van der Waals surface area contributed by atoms with Crippen molar-refractivity contribution in [3.05, 3.63) is 47.4 Å². The maximum absolute atomic E-state index is 12.8. The van der Waals surface area contributed by atoms with E-state index in [1.165, 1.54) is 36.2 Å². The molecule has 2 aromatic rings. The first-order valence-electron chi connectivity index (χ1n) is 6.34. The number of hydrogen-bond acceptors (Lipinski definition) is 4. The largest absolute Gasteiger partial charge is 0.387 e. The van der Waals surface area contributed by atoms with E-state index < -0.39 is 12.1 Å². The molecular formula is C14H16FN3O3. The Bertz CT molecular complexity index is 612. The summed E-state index contributed by atoms with van der Waals surface area (Å²) in [6, 6.07) is 6.62. The van der Waals surface area contributed by atoms with Crippen LogP contribution in [0, 0.1) is 12.7 Å². The van der Waals surface area contributed by atoms with Crippen LogP contribution in [0.5, 0.6) is 0 Å². The maximum atomic E-state index is 12.8. The van der Waals surface area contributed by atoms with Crippen molar-refractivity contribution in [1.29, 1.82) is 0 Å². The van der Waals surface area contributed by atoms with Crippen LogP contribution in [0.15, 0.2) is 34.9 Å². The van der Waals surface area contributed by atoms with E-state index in [0.717, 1.165) is 0 Å². The van der Waals surface area contributed by atoms with Crippen LogP contribution >= 0.6 is 0 Å². The summed E-state index contributed by atoms with van der Waals surface area (Å²) in [5.74, 6) is -0.140. The second kappa shape index (κ2) is 6.36. The molecule has 0 unspecified atom stereocenters. The van der Waals surface area contributed by atoms with E-state index in [1.54, 1.807) is 13.0 Å². The number of anilines is 1. The molecule has 112 valence electrons. The van der Waals surface area contributed by atoms with E-state index in [9.17, 15) is 14.3 Å². The van der Waals surface area contributed by atoms with Crippen molar-refractivity contribution in [2.45, 2.75) is 13.0 Å². The number of likely N-dealkylation sites (N-methyl/N-ethyl adjacent to an activating group) is 1. The number of halogens is 1. The summed E-state index contributed by atoms with van der Waals surface area (Å²) in [7, 11) is 1.53. The zero-order chi connectivity index (χ0) is 15.4. The number of carbonyl (C=O) groups is 1. The molecule has 0 radical (unpaired) electrons. The molecule has 0 aliphatic rings. The Labute approximate surface area is 121 Å². The zero-order valence-corrected chi connectivity index (χ0v) is 11.7. The third-order valence-corrected chi connectivity index (χ3v) is 2.91. The van der Waals surface area contributed by atoms with Gasteiger partial charge in [-0.1, -0.05) is 17.3 Å². The highest BCUT2D eigenvalue weighted by Crippen LogP contribution is 2.15. The van der Waals surface area contributed by atoms with E-state index in [2.05, 4.69) is 10.5 Å². The van der Waals surface area contributed by atoms with Gasteiger partial charge in [-0.25, -0.2) is 9.18 Å². The van der Waals surface area contributed by atoms with Gasteiger partial charge in [-0.2, -0.15) is 0 Å². The lowest BCUT2D eigenvalue weighted by Crippen LogP contribution is -2.34. The standard InChI is InChI=1S/C14H16FN3O3/c1-9-7-13(21-17-9)16-14(20)18(2)8-12(19)10-3-5-11(15)6-4-10/h3-7,12,19H,8H2,1-2H3,(H,16,20)/t12-/m0/s1. The molecule has 0 bridgehead atoms. The van der Waals surface area contributed by atoms with Gasteiger partial charge in [0.15, 0.2) is 0 Å². The lowest BCUT2D eigenvalue weighted by Gasteiger charge is -2.20. The Balaban J connectivity index is 1.92. The van der Waals surface area contributed by atoms with Crippen molar-refractivity contribution in [1.82, 2.24) is 10.1 Å². The van der Waals surface area contributed by atoms with E-state index in [0.29, 0.717) is 11.3 Å². The number of hydrogen-bond donors (Lipinski definition) is 2. The Kier molecular flexibility index (Phi) is 4.54. The Morgan fingerprint density at radius 3 is 2.71 bits per heavy atom. The van der Waals surface area contributed by atoms with Gasteiger partial charge in [-0.05, 0) is 24.6 Å². The van der Waals surface area contributed by atoms with Crippen LogP contribution in [-0.2, 0) is 0 Å². The van der Waals surface area contributed by atoms with E-state index >= 15 is 0 Å². The van der Waals surface area contributed by atoms with Crippen LogP contribution in [0.3, 0.4) is 0 Å². The van der Waals surface area contributed by atoms with Crippen molar-refractivity contribution in [3.63, 3.8) is 0 Å². The fourth-order valence-electron chi connectivity index (χ4n) is 1.76. The number of amides is 2. The molecule has 1 atom stereocenters. The first kappa shape index (κ1) is 15.0. The number of benzene rings is 1. The Morgan fingerprint density at radius 2 is 2.14 bits per heavy atom. The molecule has 0 saturated carbocycles. The summed E-state index contributed by atoms with van der Waals surface area (Å²) in [6.45, 7) is 1.80. The highest BCUT2D eigenvalue weighted by molar-refractivity contribution is 5.87. The Hall–Kier alpha value is -2.41. The molecule has 2 N–H and O–H groups in total. The van der Waals surface area contributed by atoms with Crippen molar-refractivity contribution in [2.24, 2.45) is 0 Å². The minimum absolute atomic E-state index is 0.0601. The number of nitrogens with one attached hydrogen (secondary N) is 1. The van der Waals surface area contributed by atoms with Crippen LogP contribution < -0.4 is 5.32 Å². The molecule has 1 aromatic heterocycles. The molecular weight excluding hydrogens is 277 g/mol. The topological polar surface area (TPSA) is 78.6 Å². The highest BCUT2D eigenvalue weighted by Gasteiger charge is 2.16. The number of rotatable bonds is 4. The van der Waals surface area contributed by atoms with E-state index in [-0.39, 0.29) is 18.2 Å². The van der Waals surface area contributed by atoms with Crippen LogP contribution in [-0.4, -0.2) is 34.8 Å². The second-order valence-corrected chi connectivity index (χ2v) is 4.71. The normalized spacial score (nSPS) is 12.0. The SMILES string of the molecule is Cc1cc(NC(=O)N(C)C[C@H](O)c2ccc(F)cc2)on1. The van der Waals surface area contributed by atoms with Gasteiger partial charge in [-0.3, -0.25) is 5.32 Å². The molecule has 6 nitrogen and oxygen atoms in total. The minimum Gasteiger partial charge on any atom is -0.387 e. The number of aromatic nitrogens is 1. The number of aliphatic hydroxyl groups is 1. The molecule has 1 aromatic carbocycles. The first-order valence-corrected chi connectivity index (χ1v) is 6.34. The van der Waals surface area contributed by atoms with Gasteiger partial charge in [0.1, 0.15) is 5.82 Å². The number of aliphatic hydroxyl groups excluding tert-OH is 1. The van der Waals surface area contributed by atoms with Gasteiger partial charge in [0.05, 0.1) is 18.3 Å². The lowest BCUT2D eigenvalue weighted by molar-refractivity contribution is 0.136. The number of nitrogens with zero attached hydrogens (tertiary/aromatic N) is 2. The maximum Gasteiger partial charge on any atom is 0.324 e.